The van der Waals surface area contributed by atoms with Crippen LogP contribution in [0, 0.1) is 0 Å². The predicted molar refractivity (Wildman–Crippen MR) is 94.5 cm³/mol. The van der Waals surface area contributed by atoms with Crippen molar-refractivity contribution in [2.75, 3.05) is 26.7 Å². The maximum Gasteiger partial charge on any atom is 0.191 e. The first-order valence-electron chi connectivity index (χ1n) is 7.03. The molecule has 0 aliphatic heterocycles. The number of likely N-dealkylation sites (N-methyl/N-ethyl adjacent to an activating group) is 1. The first-order chi connectivity index (χ1) is 8.67. The van der Waals surface area contributed by atoms with Gasteiger partial charge in [-0.1, -0.05) is 19.1 Å². The summed E-state index contributed by atoms with van der Waals surface area (Å²) in [7, 11) is 1.83. The van der Waals surface area contributed by atoms with Crippen molar-refractivity contribution in [2.45, 2.75) is 45.7 Å². The molecule has 0 radical (unpaired) electrons. The van der Waals surface area contributed by atoms with E-state index in [1.165, 1.54) is 0 Å². The molecule has 112 valence electrons. The van der Waals surface area contributed by atoms with E-state index in [0.29, 0.717) is 12.1 Å². The van der Waals surface area contributed by atoms with Crippen LogP contribution in [-0.4, -0.2) is 49.6 Å². The lowest BCUT2D eigenvalue weighted by atomic mass is 10.2. The van der Waals surface area contributed by atoms with E-state index < -0.39 is 0 Å². The summed E-state index contributed by atoms with van der Waals surface area (Å²) in [5.74, 6) is 0.920. The van der Waals surface area contributed by atoms with Crippen molar-refractivity contribution in [3.05, 3.63) is 12.2 Å². The van der Waals surface area contributed by atoms with Crippen molar-refractivity contribution >= 4 is 29.9 Å². The lowest BCUT2D eigenvalue weighted by Crippen LogP contribution is -2.45. The molecule has 0 atom stereocenters. The second kappa shape index (κ2) is 10.5. The molecule has 1 aliphatic carbocycles. The Morgan fingerprint density at radius 1 is 1.37 bits per heavy atom. The Hall–Kier alpha value is -0.300. The smallest absolute Gasteiger partial charge is 0.191 e. The molecule has 0 spiro atoms. The summed E-state index contributed by atoms with van der Waals surface area (Å²) in [6.07, 6.45) is 6.66. The van der Waals surface area contributed by atoms with E-state index in [4.69, 9.17) is 0 Å². The van der Waals surface area contributed by atoms with Crippen LogP contribution in [0.3, 0.4) is 0 Å². The fraction of sp³-hybridized carbons (Fsp3) is 0.786. The van der Waals surface area contributed by atoms with Crippen molar-refractivity contribution in [3.8, 4) is 0 Å². The van der Waals surface area contributed by atoms with Gasteiger partial charge in [0.25, 0.3) is 0 Å². The quantitative estimate of drug-likeness (QED) is 0.321. The fourth-order valence-corrected chi connectivity index (χ4v) is 2.22. The van der Waals surface area contributed by atoms with E-state index in [-0.39, 0.29) is 24.0 Å². The number of hydrogen-bond donors (Lipinski definition) is 2. The minimum Gasteiger partial charge on any atom is -0.355 e. The van der Waals surface area contributed by atoms with Crippen molar-refractivity contribution in [1.29, 1.82) is 0 Å². The highest BCUT2D eigenvalue weighted by Gasteiger charge is 2.12. The second-order valence-corrected chi connectivity index (χ2v) is 5.01. The summed E-state index contributed by atoms with van der Waals surface area (Å²) in [6, 6.07) is 1.12. The molecule has 0 heterocycles. The lowest BCUT2D eigenvalue weighted by molar-refractivity contribution is 0.237. The van der Waals surface area contributed by atoms with Gasteiger partial charge in [0, 0.05) is 32.2 Å². The van der Waals surface area contributed by atoms with Crippen LogP contribution < -0.4 is 10.6 Å². The molecule has 4 nitrogen and oxygen atoms in total. The molecule has 0 aromatic rings. The van der Waals surface area contributed by atoms with E-state index in [1.54, 1.807) is 0 Å². The average Bonchev–Trinajstić information content (AvgIpc) is 2.85. The molecule has 0 aromatic heterocycles. The number of guanidine groups is 1. The molecule has 1 aliphatic rings. The third-order valence-corrected chi connectivity index (χ3v) is 3.40. The minimum absolute atomic E-state index is 0. The topological polar surface area (TPSA) is 39.7 Å². The van der Waals surface area contributed by atoms with Crippen molar-refractivity contribution in [1.82, 2.24) is 15.5 Å². The van der Waals surface area contributed by atoms with Crippen LogP contribution in [-0.2, 0) is 0 Å². The van der Waals surface area contributed by atoms with Gasteiger partial charge in [0.15, 0.2) is 5.96 Å². The normalized spacial score (nSPS) is 16.0. The molecule has 0 saturated heterocycles. The molecule has 0 amide bonds. The van der Waals surface area contributed by atoms with E-state index in [0.717, 1.165) is 38.4 Å². The molecule has 0 saturated carbocycles. The van der Waals surface area contributed by atoms with E-state index >= 15 is 0 Å². The van der Waals surface area contributed by atoms with Gasteiger partial charge < -0.3 is 10.6 Å². The Bertz CT molecular complexity index is 281. The van der Waals surface area contributed by atoms with Crippen LogP contribution >= 0.6 is 24.0 Å². The van der Waals surface area contributed by atoms with Gasteiger partial charge in [-0.2, -0.15) is 0 Å². The molecule has 0 fully saturated rings. The molecule has 0 aromatic carbocycles. The highest BCUT2D eigenvalue weighted by molar-refractivity contribution is 14.0. The number of hydrogen-bond acceptors (Lipinski definition) is 2. The number of rotatable bonds is 6. The molecule has 0 bridgehead atoms. The predicted octanol–water partition coefficient (Wildman–Crippen LogP) is 2.22. The van der Waals surface area contributed by atoms with Gasteiger partial charge in [-0.3, -0.25) is 9.89 Å². The van der Waals surface area contributed by atoms with Gasteiger partial charge in [0.2, 0.25) is 0 Å². The lowest BCUT2D eigenvalue weighted by Gasteiger charge is -2.25. The van der Waals surface area contributed by atoms with Crippen molar-refractivity contribution in [2.24, 2.45) is 4.99 Å². The van der Waals surface area contributed by atoms with Crippen LogP contribution in [0.2, 0.25) is 0 Å². The van der Waals surface area contributed by atoms with Crippen LogP contribution in [0.1, 0.15) is 33.6 Å². The third-order valence-electron chi connectivity index (χ3n) is 3.40. The first kappa shape index (κ1) is 18.7. The van der Waals surface area contributed by atoms with Crippen molar-refractivity contribution < 1.29 is 0 Å². The SMILES string of the molecule is CCN(CCNC(=NC)NC1CC=CC1)C(C)C.I. The summed E-state index contributed by atoms with van der Waals surface area (Å²) in [6.45, 7) is 9.76. The zero-order valence-corrected chi connectivity index (χ0v) is 15.0. The van der Waals surface area contributed by atoms with Crippen LogP contribution in [0.15, 0.2) is 17.1 Å². The first-order valence-corrected chi connectivity index (χ1v) is 7.03. The van der Waals surface area contributed by atoms with Gasteiger partial charge in [0.1, 0.15) is 0 Å². The number of halogens is 1. The Kier molecular flexibility index (Phi) is 10.3. The third kappa shape index (κ3) is 7.15. The van der Waals surface area contributed by atoms with Gasteiger partial charge in [0.05, 0.1) is 0 Å². The Labute approximate surface area is 135 Å². The highest BCUT2D eigenvalue weighted by Crippen LogP contribution is 2.08. The van der Waals surface area contributed by atoms with Gasteiger partial charge >= 0.3 is 0 Å². The molecular weight excluding hydrogens is 351 g/mol. The van der Waals surface area contributed by atoms with Crippen LogP contribution in [0.5, 0.6) is 0 Å². The molecule has 0 unspecified atom stereocenters. The largest absolute Gasteiger partial charge is 0.355 e. The average molecular weight is 380 g/mol. The summed E-state index contributed by atoms with van der Waals surface area (Å²) in [5.41, 5.74) is 0. The second-order valence-electron chi connectivity index (χ2n) is 5.01. The summed E-state index contributed by atoms with van der Waals surface area (Å²) < 4.78 is 0. The van der Waals surface area contributed by atoms with Crippen LogP contribution in [0.25, 0.3) is 0 Å². The Morgan fingerprint density at radius 3 is 2.47 bits per heavy atom. The maximum absolute atomic E-state index is 4.27. The highest BCUT2D eigenvalue weighted by atomic mass is 127. The summed E-state index contributed by atoms with van der Waals surface area (Å²) >= 11 is 0. The van der Waals surface area contributed by atoms with Gasteiger partial charge in [-0.15, -0.1) is 24.0 Å². The number of nitrogens with one attached hydrogen (secondary N) is 2. The molecule has 19 heavy (non-hydrogen) atoms. The fourth-order valence-electron chi connectivity index (χ4n) is 2.22. The van der Waals surface area contributed by atoms with Gasteiger partial charge in [-0.25, -0.2) is 0 Å². The summed E-state index contributed by atoms with van der Waals surface area (Å²) in [4.78, 5) is 6.71. The monoisotopic (exact) mass is 380 g/mol. The summed E-state index contributed by atoms with van der Waals surface area (Å²) in [5, 5.41) is 6.83. The standard InChI is InChI=1S/C14H28N4.HI/c1-5-18(12(2)3)11-10-16-14(15-4)17-13-8-6-7-9-13;/h6-7,12-13H,5,8-11H2,1-4H3,(H2,15,16,17);1H. The van der Waals surface area contributed by atoms with E-state index in [2.05, 4.69) is 53.4 Å². The number of nitrogens with zero attached hydrogens (tertiary/aromatic N) is 2. The van der Waals surface area contributed by atoms with Crippen molar-refractivity contribution in [3.63, 3.8) is 0 Å². The maximum atomic E-state index is 4.27. The molecule has 5 heteroatoms. The zero-order chi connectivity index (χ0) is 13.4. The van der Waals surface area contributed by atoms with E-state index in [9.17, 15) is 0 Å². The van der Waals surface area contributed by atoms with E-state index in [1.807, 2.05) is 7.05 Å². The number of aliphatic imine (C=N–C) groups is 1. The zero-order valence-electron chi connectivity index (χ0n) is 12.6. The molecule has 1 rings (SSSR count). The molecular formula is C14H29IN4. The Morgan fingerprint density at radius 2 is 2.00 bits per heavy atom. The minimum atomic E-state index is 0. The van der Waals surface area contributed by atoms with Gasteiger partial charge in [-0.05, 0) is 33.2 Å². The molecule has 2 N–H and O–H groups in total. The Balaban J connectivity index is 0.00000324. The van der Waals surface area contributed by atoms with Crippen LogP contribution in [0.4, 0.5) is 0 Å².